The van der Waals surface area contributed by atoms with Gasteiger partial charge in [0.1, 0.15) is 6.04 Å². The van der Waals surface area contributed by atoms with Crippen LogP contribution >= 0.6 is 0 Å². The lowest BCUT2D eigenvalue weighted by atomic mass is 9.95. The van der Waals surface area contributed by atoms with Gasteiger partial charge in [-0.3, -0.25) is 0 Å². The molecular formula is C13H22N2O3. The highest BCUT2D eigenvalue weighted by Crippen LogP contribution is 2.26. The number of carboxylic acid groups (broad SMARTS) is 1. The number of carboxylic acids is 1. The lowest BCUT2D eigenvalue weighted by Crippen LogP contribution is -2.47. The number of carbonyl (C=O) groups is 2. The number of urea groups is 1. The summed E-state index contributed by atoms with van der Waals surface area (Å²) < 4.78 is 0. The molecule has 2 saturated heterocycles. The minimum Gasteiger partial charge on any atom is -0.480 e. The molecule has 0 aromatic rings. The van der Waals surface area contributed by atoms with Gasteiger partial charge in [-0.1, -0.05) is 13.8 Å². The van der Waals surface area contributed by atoms with E-state index in [1.807, 2.05) is 4.90 Å². The van der Waals surface area contributed by atoms with Crippen LogP contribution in [0.15, 0.2) is 0 Å². The highest BCUT2D eigenvalue weighted by atomic mass is 16.4. The summed E-state index contributed by atoms with van der Waals surface area (Å²) in [6.07, 6.45) is 2.42. The third-order valence-corrected chi connectivity index (χ3v) is 4.22. The van der Waals surface area contributed by atoms with E-state index < -0.39 is 12.0 Å². The van der Waals surface area contributed by atoms with Crippen molar-refractivity contribution in [2.24, 2.45) is 11.8 Å². The summed E-state index contributed by atoms with van der Waals surface area (Å²) in [7, 11) is 0. The van der Waals surface area contributed by atoms with E-state index in [2.05, 4.69) is 13.8 Å². The summed E-state index contributed by atoms with van der Waals surface area (Å²) >= 11 is 0. The maximum Gasteiger partial charge on any atom is 0.326 e. The van der Waals surface area contributed by atoms with Crippen LogP contribution in [-0.4, -0.2) is 52.6 Å². The van der Waals surface area contributed by atoms with Crippen LogP contribution in [0.3, 0.4) is 0 Å². The van der Waals surface area contributed by atoms with Crippen molar-refractivity contribution in [3.63, 3.8) is 0 Å². The van der Waals surface area contributed by atoms with Crippen molar-refractivity contribution in [1.29, 1.82) is 0 Å². The molecule has 2 amide bonds. The minimum atomic E-state index is -0.875. The molecule has 0 radical (unpaired) electrons. The highest BCUT2D eigenvalue weighted by molar-refractivity contribution is 5.83. The van der Waals surface area contributed by atoms with E-state index in [1.54, 1.807) is 0 Å². The quantitative estimate of drug-likeness (QED) is 0.814. The van der Waals surface area contributed by atoms with Gasteiger partial charge in [-0.25, -0.2) is 9.59 Å². The second-order valence-electron chi connectivity index (χ2n) is 5.71. The van der Waals surface area contributed by atoms with Crippen molar-refractivity contribution in [1.82, 2.24) is 9.80 Å². The standard InChI is InChI=1S/C13H22N2O3/c1-9(2)10-5-7-14(8-10)13(18)15-6-3-4-11(15)12(16)17/h9-11H,3-8H2,1-2H3,(H,16,17). The molecule has 1 N–H and O–H groups in total. The van der Waals surface area contributed by atoms with Crippen molar-refractivity contribution >= 4 is 12.0 Å². The van der Waals surface area contributed by atoms with E-state index in [9.17, 15) is 9.59 Å². The molecule has 0 aromatic heterocycles. The molecule has 102 valence electrons. The highest BCUT2D eigenvalue weighted by Gasteiger charge is 2.38. The molecule has 2 unspecified atom stereocenters. The molecule has 2 aliphatic heterocycles. The molecular weight excluding hydrogens is 232 g/mol. The van der Waals surface area contributed by atoms with Gasteiger partial charge < -0.3 is 14.9 Å². The van der Waals surface area contributed by atoms with Crippen LogP contribution in [0.1, 0.15) is 33.1 Å². The van der Waals surface area contributed by atoms with Gasteiger partial charge >= 0.3 is 12.0 Å². The van der Waals surface area contributed by atoms with Gasteiger partial charge in [-0.2, -0.15) is 0 Å². The Balaban J connectivity index is 1.98. The normalized spacial score (nSPS) is 28.2. The molecule has 0 spiro atoms. The average molecular weight is 254 g/mol. The van der Waals surface area contributed by atoms with E-state index in [0.717, 1.165) is 25.9 Å². The van der Waals surface area contributed by atoms with E-state index in [0.29, 0.717) is 24.8 Å². The fraction of sp³-hybridized carbons (Fsp3) is 0.846. The fourth-order valence-corrected chi connectivity index (χ4v) is 2.94. The van der Waals surface area contributed by atoms with Crippen molar-refractivity contribution in [3.8, 4) is 0 Å². The number of aliphatic carboxylic acids is 1. The maximum atomic E-state index is 12.3. The Kier molecular flexibility index (Phi) is 3.78. The second kappa shape index (κ2) is 5.16. The fourth-order valence-electron chi connectivity index (χ4n) is 2.94. The van der Waals surface area contributed by atoms with Gasteiger partial charge in [0, 0.05) is 19.6 Å². The monoisotopic (exact) mass is 254 g/mol. The van der Waals surface area contributed by atoms with Crippen LogP contribution in [0.5, 0.6) is 0 Å². The van der Waals surface area contributed by atoms with E-state index in [1.165, 1.54) is 4.90 Å². The summed E-state index contributed by atoms with van der Waals surface area (Å²) in [5.41, 5.74) is 0. The van der Waals surface area contributed by atoms with Gasteiger partial charge in [0.25, 0.3) is 0 Å². The molecule has 0 aliphatic carbocycles. The summed E-state index contributed by atoms with van der Waals surface area (Å²) in [5.74, 6) is 0.261. The Bertz CT molecular complexity index is 343. The number of hydrogen-bond acceptors (Lipinski definition) is 2. The maximum absolute atomic E-state index is 12.3. The molecule has 2 rings (SSSR count). The first-order valence-corrected chi connectivity index (χ1v) is 6.79. The summed E-state index contributed by atoms with van der Waals surface area (Å²) in [5, 5.41) is 9.10. The van der Waals surface area contributed by atoms with Crippen LogP contribution < -0.4 is 0 Å². The molecule has 2 atom stereocenters. The predicted molar refractivity (Wildman–Crippen MR) is 67.3 cm³/mol. The molecule has 0 aromatic carbocycles. The van der Waals surface area contributed by atoms with Crippen molar-refractivity contribution in [2.45, 2.75) is 39.2 Å². The van der Waals surface area contributed by atoms with Crippen LogP contribution in [0.25, 0.3) is 0 Å². The van der Waals surface area contributed by atoms with Crippen LogP contribution in [0.2, 0.25) is 0 Å². The van der Waals surface area contributed by atoms with E-state index in [4.69, 9.17) is 5.11 Å². The average Bonchev–Trinajstić information content (AvgIpc) is 2.97. The summed E-state index contributed by atoms with van der Waals surface area (Å²) in [6.45, 7) is 6.48. The third kappa shape index (κ3) is 2.44. The van der Waals surface area contributed by atoms with E-state index in [-0.39, 0.29) is 6.03 Å². The summed E-state index contributed by atoms with van der Waals surface area (Å²) in [4.78, 5) is 26.8. The lowest BCUT2D eigenvalue weighted by Gasteiger charge is -2.27. The zero-order valence-electron chi connectivity index (χ0n) is 11.1. The molecule has 18 heavy (non-hydrogen) atoms. The molecule has 5 nitrogen and oxygen atoms in total. The van der Waals surface area contributed by atoms with Crippen molar-refractivity contribution < 1.29 is 14.7 Å². The number of hydrogen-bond donors (Lipinski definition) is 1. The Morgan fingerprint density at radius 2 is 1.94 bits per heavy atom. The van der Waals surface area contributed by atoms with Crippen LogP contribution in [-0.2, 0) is 4.79 Å². The zero-order valence-corrected chi connectivity index (χ0v) is 11.1. The topological polar surface area (TPSA) is 60.9 Å². The van der Waals surface area contributed by atoms with E-state index >= 15 is 0 Å². The molecule has 0 bridgehead atoms. The van der Waals surface area contributed by atoms with Gasteiger partial charge in [-0.15, -0.1) is 0 Å². The summed E-state index contributed by atoms with van der Waals surface area (Å²) in [6, 6.07) is -0.696. The largest absolute Gasteiger partial charge is 0.480 e. The Morgan fingerprint density at radius 1 is 1.22 bits per heavy atom. The van der Waals surface area contributed by atoms with Crippen LogP contribution in [0, 0.1) is 11.8 Å². The van der Waals surface area contributed by atoms with Gasteiger partial charge in [0.15, 0.2) is 0 Å². The van der Waals surface area contributed by atoms with Gasteiger partial charge in [-0.05, 0) is 31.1 Å². The Hall–Kier alpha value is -1.26. The zero-order chi connectivity index (χ0) is 13.3. The van der Waals surface area contributed by atoms with Crippen molar-refractivity contribution in [3.05, 3.63) is 0 Å². The first-order valence-electron chi connectivity index (χ1n) is 6.79. The third-order valence-electron chi connectivity index (χ3n) is 4.22. The SMILES string of the molecule is CC(C)C1CCN(C(=O)N2CCCC2C(=O)O)C1. The van der Waals surface area contributed by atoms with Crippen molar-refractivity contribution in [2.75, 3.05) is 19.6 Å². The first-order chi connectivity index (χ1) is 8.50. The molecule has 0 saturated carbocycles. The van der Waals surface area contributed by atoms with Crippen LogP contribution in [0.4, 0.5) is 4.79 Å². The molecule has 2 heterocycles. The molecule has 5 heteroatoms. The Labute approximate surface area is 108 Å². The van der Waals surface area contributed by atoms with Gasteiger partial charge in [0.05, 0.1) is 0 Å². The molecule has 2 aliphatic rings. The Morgan fingerprint density at radius 3 is 2.50 bits per heavy atom. The number of rotatable bonds is 2. The second-order valence-corrected chi connectivity index (χ2v) is 5.71. The predicted octanol–water partition coefficient (Wildman–Crippen LogP) is 1.63. The number of likely N-dealkylation sites (tertiary alicyclic amines) is 2. The minimum absolute atomic E-state index is 0.0805. The number of carbonyl (C=O) groups excluding carboxylic acids is 1. The number of amides is 2. The number of nitrogens with zero attached hydrogens (tertiary/aromatic N) is 2. The lowest BCUT2D eigenvalue weighted by molar-refractivity contribution is -0.141. The van der Waals surface area contributed by atoms with Gasteiger partial charge in [0.2, 0.25) is 0 Å². The molecule has 2 fully saturated rings. The first kappa shape index (κ1) is 13.2. The smallest absolute Gasteiger partial charge is 0.326 e.